The Morgan fingerprint density at radius 2 is 1.04 bits per heavy atom. The zero-order valence-corrected chi connectivity index (χ0v) is 18.7. The Morgan fingerprint density at radius 3 is 1.37 bits per heavy atom. The van der Waals surface area contributed by atoms with E-state index in [4.69, 9.17) is 4.74 Å². The molecule has 0 spiro atoms. The van der Waals surface area contributed by atoms with Crippen LogP contribution in [0.5, 0.6) is 0 Å². The van der Waals surface area contributed by atoms with Crippen molar-refractivity contribution in [1.82, 2.24) is 0 Å². The predicted octanol–water partition coefficient (Wildman–Crippen LogP) is 6.70. The Labute approximate surface area is 167 Å². The number of hydrogen-bond donors (Lipinski definition) is 0. The predicted molar refractivity (Wildman–Crippen MR) is 118 cm³/mol. The van der Waals surface area contributed by atoms with Gasteiger partial charge in [0.25, 0.3) is 0 Å². The van der Waals surface area contributed by atoms with Crippen molar-refractivity contribution < 1.29 is 4.74 Å². The number of ether oxygens (including phenoxy) is 1. The zero-order valence-electron chi connectivity index (χ0n) is 18.7. The van der Waals surface area contributed by atoms with E-state index in [2.05, 4.69) is 91.8 Å². The molecular formula is C26H38O. The third-order valence-electron chi connectivity index (χ3n) is 5.95. The van der Waals surface area contributed by atoms with Crippen LogP contribution in [0.15, 0.2) is 36.4 Å². The van der Waals surface area contributed by atoms with Gasteiger partial charge >= 0.3 is 0 Å². The van der Waals surface area contributed by atoms with Crippen LogP contribution in [0.4, 0.5) is 0 Å². The van der Waals surface area contributed by atoms with Crippen LogP contribution in [0, 0.1) is 13.8 Å². The first kappa shape index (κ1) is 21.7. The van der Waals surface area contributed by atoms with Crippen LogP contribution in [-0.2, 0) is 28.4 Å². The lowest BCUT2D eigenvalue weighted by molar-refractivity contribution is 0.0633. The number of hydrogen-bond acceptors (Lipinski definition) is 1. The maximum Gasteiger partial charge on any atom is 0.0558 e. The van der Waals surface area contributed by atoms with Gasteiger partial charge in [0.2, 0.25) is 0 Å². The van der Waals surface area contributed by atoms with E-state index < -0.39 is 0 Å². The molecule has 0 saturated carbocycles. The molecule has 0 aliphatic carbocycles. The third-order valence-corrected chi connectivity index (χ3v) is 5.95. The molecule has 0 bridgehead atoms. The van der Waals surface area contributed by atoms with E-state index >= 15 is 0 Å². The van der Waals surface area contributed by atoms with Crippen LogP contribution in [0.3, 0.4) is 0 Å². The summed E-state index contributed by atoms with van der Waals surface area (Å²) in [5, 5.41) is 0. The standard InChI is InChI=1S/C26H38O/c1-9-21-15-23(13-11-19(21)3)25(5,6)17-27-18-26(7,8)24-14-12-20(4)22(10-2)16-24/h11-16H,9-10,17-18H2,1-8H3. The fourth-order valence-corrected chi connectivity index (χ4v) is 3.67. The van der Waals surface area contributed by atoms with Gasteiger partial charge in [0, 0.05) is 10.8 Å². The molecule has 0 aromatic heterocycles. The summed E-state index contributed by atoms with van der Waals surface area (Å²) in [7, 11) is 0. The summed E-state index contributed by atoms with van der Waals surface area (Å²) in [6.45, 7) is 19.4. The number of benzene rings is 2. The average molecular weight is 367 g/mol. The van der Waals surface area contributed by atoms with Gasteiger partial charge in [0.15, 0.2) is 0 Å². The minimum Gasteiger partial charge on any atom is -0.380 e. The fourth-order valence-electron chi connectivity index (χ4n) is 3.67. The molecule has 1 nitrogen and oxygen atoms in total. The summed E-state index contributed by atoms with van der Waals surface area (Å²) >= 11 is 0. The lowest BCUT2D eigenvalue weighted by Gasteiger charge is -2.30. The second-order valence-electron chi connectivity index (χ2n) is 9.25. The van der Waals surface area contributed by atoms with Gasteiger partial charge in [-0.25, -0.2) is 0 Å². The van der Waals surface area contributed by atoms with E-state index in [0.717, 1.165) is 26.1 Å². The number of aryl methyl sites for hydroxylation is 4. The van der Waals surface area contributed by atoms with Gasteiger partial charge in [-0.1, -0.05) is 77.9 Å². The van der Waals surface area contributed by atoms with Crippen LogP contribution < -0.4 is 0 Å². The van der Waals surface area contributed by atoms with Gasteiger partial charge in [-0.2, -0.15) is 0 Å². The van der Waals surface area contributed by atoms with Crippen molar-refractivity contribution in [3.05, 3.63) is 69.8 Å². The zero-order chi connectivity index (χ0) is 20.2. The lowest BCUT2D eigenvalue weighted by atomic mass is 9.82. The molecule has 0 aliphatic heterocycles. The molecule has 0 radical (unpaired) electrons. The van der Waals surface area contributed by atoms with Crippen molar-refractivity contribution >= 4 is 0 Å². The van der Waals surface area contributed by atoms with Crippen molar-refractivity contribution in [2.45, 2.75) is 79.1 Å². The molecule has 0 N–H and O–H groups in total. The smallest absolute Gasteiger partial charge is 0.0558 e. The van der Waals surface area contributed by atoms with Gasteiger partial charge < -0.3 is 4.74 Å². The van der Waals surface area contributed by atoms with Gasteiger partial charge in [-0.15, -0.1) is 0 Å². The van der Waals surface area contributed by atoms with E-state index in [1.165, 1.54) is 33.4 Å². The first-order valence-electron chi connectivity index (χ1n) is 10.4. The van der Waals surface area contributed by atoms with Crippen LogP contribution >= 0.6 is 0 Å². The highest BCUT2D eigenvalue weighted by Gasteiger charge is 2.26. The Morgan fingerprint density at radius 1 is 0.667 bits per heavy atom. The summed E-state index contributed by atoms with van der Waals surface area (Å²) in [5.74, 6) is 0. The van der Waals surface area contributed by atoms with Crippen molar-refractivity contribution in [3.63, 3.8) is 0 Å². The second kappa shape index (κ2) is 8.61. The van der Waals surface area contributed by atoms with E-state index in [1.54, 1.807) is 0 Å². The first-order valence-corrected chi connectivity index (χ1v) is 10.4. The molecule has 0 unspecified atom stereocenters. The van der Waals surface area contributed by atoms with Crippen molar-refractivity contribution in [2.24, 2.45) is 0 Å². The van der Waals surface area contributed by atoms with Crippen LogP contribution in [0.25, 0.3) is 0 Å². The lowest BCUT2D eigenvalue weighted by Crippen LogP contribution is -2.30. The van der Waals surface area contributed by atoms with Gasteiger partial charge in [-0.05, 0) is 60.1 Å². The summed E-state index contributed by atoms with van der Waals surface area (Å²) in [6.07, 6.45) is 2.16. The Kier molecular flexibility index (Phi) is 6.92. The molecule has 2 aromatic rings. The normalized spacial score (nSPS) is 12.4. The van der Waals surface area contributed by atoms with E-state index in [1.807, 2.05) is 0 Å². The molecule has 2 aromatic carbocycles. The SMILES string of the molecule is CCc1cc(C(C)(C)COCC(C)(C)c2ccc(C)c(CC)c2)ccc1C. The minimum atomic E-state index is 0.00948. The molecule has 1 heteroatoms. The Bertz CT molecular complexity index is 702. The Hall–Kier alpha value is -1.60. The summed E-state index contributed by atoms with van der Waals surface area (Å²) in [6, 6.07) is 13.7. The second-order valence-corrected chi connectivity index (χ2v) is 9.25. The molecule has 0 aliphatic rings. The monoisotopic (exact) mass is 366 g/mol. The molecular weight excluding hydrogens is 328 g/mol. The highest BCUT2D eigenvalue weighted by molar-refractivity contribution is 5.36. The van der Waals surface area contributed by atoms with Gasteiger partial charge in [0.05, 0.1) is 13.2 Å². The molecule has 27 heavy (non-hydrogen) atoms. The largest absolute Gasteiger partial charge is 0.380 e. The van der Waals surface area contributed by atoms with Crippen LogP contribution in [-0.4, -0.2) is 13.2 Å². The van der Waals surface area contributed by atoms with Crippen LogP contribution in [0.1, 0.15) is 74.9 Å². The maximum atomic E-state index is 6.28. The topological polar surface area (TPSA) is 9.23 Å². The highest BCUT2D eigenvalue weighted by Crippen LogP contribution is 2.29. The van der Waals surface area contributed by atoms with Crippen molar-refractivity contribution in [3.8, 4) is 0 Å². The maximum absolute atomic E-state index is 6.28. The highest BCUT2D eigenvalue weighted by atomic mass is 16.5. The minimum absolute atomic E-state index is 0.00948. The van der Waals surface area contributed by atoms with Gasteiger partial charge in [0.1, 0.15) is 0 Å². The fraction of sp³-hybridized carbons (Fsp3) is 0.538. The molecule has 148 valence electrons. The van der Waals surface area contributed by atoms with E-state index in [9.17, 15) is 0 Å². The summed E-state index contributed by atoms with van der Waals surface area (Å²) < 4.78 is 6.28. The quantitative estimate of drug-likeness (QED) is 0.505. The Balaban J connectivity index is 2.07. The molecule has 0 amide bonds. The molecule has 0 fully saturated rings. The van der Waals surface area contributed by atoms with Crippen LogP contribution in [0.2, 0.25) is 0 Å². The first-order chi connectivity index (χ1) is 12.6. The van der Waals surface area contributed by atoms with E-state index in [0.29, 0.717) is 0 Å². The van der Waals surface area contributed by atoms with Crippen molar-refractivity contribution in [1.29, 1.82) is 0 Å². The number of rotatable bonds is 8. The molecule has 2 rings (SSSR count). The van der Waals surface area contributed by atoms with Gasteiger partial charge in [-0.3, -0.25) is 0 Å². The van der Waals surface area contributed by atoms with E-state index in [-0.39, 0.29) is 10.8 Å². The third kappa shape index (κ3) is 5.23. The van der Waals surface area contributed by atoms with Crippen molar-refractivity contribution in [2.75, 3.05) is 13.2 Å². The molecule has 0 atom stereocenters. The molecule has 0 saturated heterocycles. The summed E-state index contributed by atoms with van der Waals surface area (Å²) in [4.78, 5) is 0. The summed E-state index contributed by atoms with van der Waals surface area (Å²) in [5.41, 5.74) is 8.39. The average Bonchev–Trinajstić information content (AvgIpc) is 2.61. The molecule has 0 heterocycles.